The van der Waals surface area contributed by atoms with Crippen molar-refractivity contribution < 1.29 is 9.32 Å². The van der Waals surface area contributed by atoms with Gasteiger partial charge in [-0.25, -0.2) is 15.0 Å². The molecule has 3 aromatic rings. The minimum atomic E-state index is -0.0688. The standard InChI is InChI=1S/C18H20N6O2/c1-12-7-16(22-26-12)18(25)24-5-3-13(10-24)8-14-9-15(21-11-20-14)17-19-4-6-23(17)2/h4,6-7,9,11,13H,3,5,8,10H2,1-2H3. The zero-order valence-corrected chi connectivity index (χ0v) is 14.8. The van der Waals surface area contributed by atoms with Gasteiger partial charge in [0.25, 0.3) is 5.91 Å². The number of nitrogens with zero attached hydrogens (tertiary/aromatic N) is 6. The van der Waals surface area contributed by atoms with Crippen LogP contribution in [0.4, 0.5) is 0 Å². The van der Waals surface area contributed by atoms with Gasteiger partial charge in [0.05, 0.1) is 0 Å². The molecule has 1 saturated heterocycles. The lowest BCUT2D eigenvalue weighted by Gasteiger charge is -2.14. The molecule has 0 spiro atoms. The number of carbonyl (C=O) groups excluding carboxylic acids is 1. The number of aromatic nitrogens is 5. The van der Waals surface area contributed by atoms with Gasteiger partial charge in [0.1, 0.15) is 17.8 Å². The molecule has 0 saturated carbocycles. The maximum Gasteiger partial charge on any atom is 0.276 e. The number of hydrogen-bond acceptors (Lipinski definition) is 6. The molecular weight excluding hydrogens is 332 g/mol. The summed E-state index contributed by atoms with van der Waals surface area (Å²) in [6.45, 7) is 3.21. The monoisotopic (exact) mass is 352 g/mol. The largest absolute Gasteiger partial charge is 0.361 e. The van der Waals surface area contributed by atoms with Crippen LogP contribution < -0.4 is 0 Å². The Morgan fingerprint density at radius 2 is 2.19 bits per heavy atom. The van der Waals surface area contributed by atoms with E-state index < -0.39 is 0 Å². The summed E-state index contributed by atoms with van der Waals surface area (Å²) in [6.07, 6.45) is 6.98. The Kier molecular flexibility index (Phi) is 4.24. The summed E-state index contributed by atoms with van der Waals surface area (Å²) in [5.74, 6) is 1.77. The van der Waals surface area contributed by atoms with Crippen LogP contribution in [0, 0.1) is 12.8 Å². The van der Waals surface area contributed by atoms with Crippen molar-refractivity contribution in [3.05, 3.63) is 48.0 Å². The van der Waals surface area contributed by atoms with Gasteiger partial charge in [0, 0.05) is 44.3 Å². The van der Waals surface area contributed by atoms with Crippen LogP contribution in [-0.2, 0) is 13.5 Å². The van der Waals surface area contributed by atoms with E-state index in [1.165, 1.54) is 0 Å². The summed E-state index contributed by atoms with van der Waals surface area (Å²) in [4.78, 5) is 27.4. The van der Waals surface area contributed by atoms with Crippen molar-refractivity contribution in [1.29, 1.82) is 0 Å². The Balaban J connectivity index is 1.43. The number of rotatable bonds is 4. The summed E-state index contributed by atoms with van der Waals surface area (Å²) in [7, 11) is 1.94. The van der Waals surface area contributed by atoms with Gasteiger partial charge in [-0.1, -0.05) is 5.16 Å². The second-order valence-corrected chi connectivity index (χ2v) is 6.69. The summed E-state index contributed by atoms with van der Waals surface area (Å²) in [5.41, 5.74) is 2.16. The molecular formula is C18H20N6O2. The third-order valence-corrected chi connectivity index (χ3v) is 4.69. The van der Waals surface area contributed by atoms with Crippen LogP contribution >= 0.6 is 0 Å². The molecule has 8 heteroatoms. The van der Waals surface area contributed by atoms with E-state index in [1.54, 1.807) is 25.5 Å². The molecule has 1 unspecified atom stereocenters. The van der Waals surface area contributed by atoms with Crippen LogP contribution in [0.15, 0.2) is 35.4 Å². The first-order valence-corrected chi connectivity index (χ1v) is 8.61. The molecule has 1 aliphatic rings. The Hall–Kier alpha value is -3.03. The number of aryl methyl sites for hydroxylation is 2. The number of carbonyl (C=O) groups is 1. The maximum atomic E-state index is 12.5. The molecule has 1 aliphatic heterocycles. The van der Waals surface area contributed by atoms with Crippen LogP contribution in [0.2, 0.25) is 0 Å². The Bertz CT molecular complexity index is 931. The lowest BCUT2D eigenvalue weighted by Crippen LogP contribution is -2.29. The highest BCUT2D eigenvalue weighted by atomic mass is 16.5. The van der Waals surface area contributed by atoms with E-state index in [0.29, 0.717) is 23.9 Å². The zero-order valence-electron chi connectivity index (χ0n) is 14.8. The van der Waals surface area contributed by atoms with Crippen LogP contribution in [0.25, 0.3) is 11.5 Å². The van der Waals surface area contributed by atoms with E-state index in [1.807, 2.05) is 28.8 Å². The molecule has 0 bridgehead atoms. The van der Waals surface area contributed by atoms with Crippen molar-refractivity contribution in [3.8, 4) is 11.5 Å². The molecule has 0 N–H and O–H groups in total. The molecule has 4 heterocycles. The smallest absolute Gasteiger partial charge is 0.276 e. The lowest BCUT2D eigenvalue weighted by molar-refractivity contribution is 0.0776. The molecule has 3 aromatic heterocycles. The quantitative estimate of drug-likeness (QED) is 0.712. The third kappa shape index (κ3) is 3.22. The predicted molar refractivity (Wildman–Crippen MR) is 93.2 cm³/mol. The normalized spacial score (nSPS) is 17.0. The molecule has 4 rings (SSSR count). The first kappa shape index (κ1) is 16.4. The van der Waals surface area contributed by atoms with Gasteiger partial charge in [-0.15, -0.1) is 0 Å². The molecule has 26 heavy (non-hydrogen) atoms. The van der Waals surface area contributed by atoms with Crippen molar-refractivity contribution >= 4 is 5.91 Å². The number of likely N-dealkylation sites (tertiary alicyclic amines) is 1. The fourth-order valence-corrected chi connectivity index (χ4v) is 3.35. The summed E-state index contributed by atoms with van der Waals surface area (Å²) in [5, 5.41) is 3.82. The molecule has 8 nitrogen and oxygen atoms in total. The summed E-state index contributed by atoms with van der Waals surface area (Å²) in [6, 6.07) is 3.66. The van der Waals surface area contributed by atoms with Crippen LogP contribution in [0.5, 0.6) is 0 Å². The van der Waals surface area contributed by atoms with Crippen molar-refractivity contribution in [3.63, 3.8) is 0 Å². The number of amides is 1. The highest BCUT2D eigenvalue weighted by molar-refractivity contribution is 5.92. The first-order valence-electron chi connectivity index (χ1n) is 8.61. The summed E-state index contributed by atoms with van der Waals surface area (Å²) >= 11 is 0. The number of imidazole rings is 1. The Morgan fingerprint density at radius 3 is 2.92 bits per heavy atom. The fourth-order valence-electron chi connectivity index (χ4n) is 3.35. The minimum Gasteiger partial charge on any atom is -0.361 e. The molecule has 1 atom stereocenters. The first-order chi connectivity index (χ1) is 12.6. The van der Waals surface area contributed by atoms with Gasteiger partial charge < -0.3 is 14.0 Å². The predicted octanol–water partition coefficient (Wildman–Crippen LogP) is 1.88. The Labute approximate surface area is 150 Å². The third-order valence-electron chi connectivity index (χ3n) is 4.69. The van der Waals surface area contributed by atoms with Crippen LogP contribution in [0.3, 0.4) is 0 Å². The van der Waals surface area contributed by atoms with Gasteiger partial charge in [-0.2, -0.15) is 0 Å². The van der Waals surface area contributed by atoms with Crippen LogP contribution in [0.1, 0.15) is 28.4 Å². The molecule has 0 radical (unpaired) electrons. The highest BCUT2D eigenvalue weighted by Gasteiger charge is 2.29. The minimum absolute atomic E-state index is 0.0688. The SMILES string of the molecule is Cc1cc(C(=O)N2CCC(Cc3cc(-c4nccn4C)ncn3)C2)no1. The Morgan fingerprint density at radius 1 is 1.31 bits per heavy atom. The van der Waals surface area contributed by atoms with Gasteiger partial charge in [-0.3, -0.25) is 4.79 Å². The van der Waals surface area contributed by atoms with E-state index in [9.17, 15) is 4.79 Å². The highest BCUT2D eigenvalue weighted by Crippen LogP contribution is 2.23. The molecule has 134 valence electrons. The molecule has 0 aliphatic carbocycles. The van der Waals surface area contributed by atoms with E-state index >= 15 is 0 Å². The average Bonchev–Trinajstić information content (AvgIpc) is 3.36. The number of hydrogen-bond donors (Lipinski definition) is 0. The van der Waals surface area contributed by atoms with Gasteiger partial charge >= 0.3 is 0 Å². The van der Waals surface area contributed by atoms with Gasteiger partial charge in [0.2, 0.25) is 0 Å². The van der Waals surface area contributed by atoms with E-state index in [-0.39, 0.29) is 5.91 Å². The van der Waals surface area contributed by atoms with Crippen LogP contribution in [-0.4, -0.2) is 48.6 Å². The summed E-state index contributed by atoms with van der Waals surface area (Å²) < 4.78 is 6.94. The van der Waals surface area contributed by atoms with E-state index in [2.05, 4.69) is 20.1 Å². The average molecular weight is 352 g/mol. The zero-order chi connectivity index (χ0) is 18.1. The molecule has 0 aromatic carbocycles. The van der Waals surface area contributed by atoms with Crippen molar-refractivity contribution in [1.82, 2.24) is 29.6 Å². The second-order valence-electron chi connectivity index (χ2n) is 6.69. The van der Waals surface area contributed by atoms with Crippen molar-refractivity contribution in [2.75, 3.05) is 13.1 Å². The van der Waals surface area contributed by atoms with E-state index in [0.717, 1.165) is 36.6 Å². The molecule has 1 amide bonds. The maximum absolute atomic E-state index is 12.5. The van der Waals surface area contributed by atoms with Gasteiger partial charge in [0.15, 0.2) is 11.5 Å². The van der Waals surface area contributed by atoms with Crippen molar-refractivity contribution in [2.24, 2.45) is 13.0 Å². The van der Waals surface area contributed by atoms with Crippen molar-refractivity contribution in [2.45, 2.75) is 19.8 Å². The topological polar surface area (TPSA) is 89.9 Å². The molecule has 1 fully saturated rings. The van der Waals surface area contributed by atoms with E-state index in [4.69, 9.17) is 4.52 Å². The lowest BCUT2D eigenvalue weighted by atomic mass is 10.0. The fraction of sp³-hybridized carbons (Fsp3) is 0.389. The van der Waals surface area contributed by atoms with Gasteiger partial charge in [-0.05, 0) is 31.7 Å². The second kappa shape index (κ2) is 6.70.